The number of amides is 3. The van der Waals surface area contributed by atoms with E-state index in [1.807, 2.05) is 34.6 Å². The van der Waals surface area contributed by atoms with E-state index in [-0.39, 0.29) is 53.3 Å². The molecule has 250 valence electrons. The Morgan fingerprint density at radius 3 is 2.35 bits per heavy atom. The number of methoxy groups -OCH3 is 1. The van der Waals surface area contributed by atoms with Crippen LogP contribution in [0.2, 0.25) is 0 Å². The van der Waals surface area contributed by atoms with Gasteiger partial charge in [-0.3, -0.25) is 29.0 Å². The zero-order valence-corrected chi connectivity index (χ0v) is 28.6. The van der Waals surface area contributed by atoms with Crippen LogP contribution in [0, 0.1) is 23.2 Å². The zero-order chi connectivity index (χ0) is 34.0. The number of carbonyl (C=O) groups is 5. The van der Waals surface area contributed by atoms with Gasteiger partial charge in [0.25, 0.3) is 11.8 Å². The van der Waals surface area contributed by atoms with Crippen molar-refractivity contribution in [1.82, 2.24) is 25.5 Å². The average molecular weight is 656 g/mol. The molecule has 13 heteroatoms. The molecule has 5 atom stereocenters. The Bertz CT molecular complexity index is 1460. The Labute approximate surface area is 274 Å². The van der Waals surface area contributed by atoms with Crippen molar-refractivity contribution in [2.45, 2.75) is 91.0 Å². The van der Waals surface area contributed by atoms with E-state index in [4.69, 9.17) is 9.47 Å². The molecule has 2 aromatic heterocycles. The molecule has 0 aromatic carbocycles. The highest BCUT2D eigenvalue weighted by molar-refractivity contribution is 7.09. The van der Waals surface area contributed by atoms with Crippen molar-refractivity contribution in [2.24, 2.45) is 23.2 Å². The fraction of sp³-hybridized carbons (Fsp3) is 0.606. The fourth-order valence-electron chi connectivity index (χ4n) is 6.78. The monoisotopic (exact) mass is 655 g/mol. The average Bonchev–Trinajstić information content (AvgIpc) is 3.52. The number of hydrogen-bond donors (Lipinski definition) is 2. The Morgan fingerprint density at radius 1 is 1.11 bits per heavy atom. The summed E-state index contributed by atoms with van der Waals surface area (Å²) in [6.07, 6.45) is 2.66. The third-order valence-corrected chi connectivity index (χ3v) is 10.9. The van der Waals surface area contributed by atoms with E-state index >= 15 is 0 Å². The number of nitrogens with zero attached hydrogens (tertiary/aromatic N) is 3. The predicted molar refractivity (Wildman–Crippen MR) is 171 cm³/mol. The van der Waals surface area contributed by atoms with Gasteiger partial charge in [-0.25, -0.2) is 4.98 Å². The van der Waals surface area contributed by atoms with E-state index in [0.29, 0.717) is 24.3 Å². The van der Waals surface area contributed by atoms with Crippen LogP contribution in [0.5, 0.6) is 0 Å². The van der Waals surface area contributed by atoms with Crippen molar-refractivity contribution in [3.8, 4) is 0 Å². The van der Waals surface area contributed by atoms with Crippen molar-refractivity contribution in [3.05, 3.63) is 46.2 Å². The van der Waals surface area contributed by atoms with Gasteiger partial charge in [0.05, 0.1) is 12.5 Å². The van der Waals surface area contributed by atoms with Gasteiger partial charge >= 0.3 is 11.9 Å². The number of nitrogens with one attached hydrogen (secondary N) is 2. The minimum atomic E-state index is -0.812. The van der Waals surface area contributed by atoms with E-state index < -0.39 is 41.0 Å². The lowest BCUT2D eigenvalue weighted by Crippen LogP contribution is -2.83. The van der Waals surface area contributed by atoms with Gasteiger partial charge in [0.2, 0.25) is 5.91 Å². The second-order valence-electron chi connectivity index (χ2n) is 13.1. The van der Waals surface area contributed by atoms with Crippen LogP contribution < -0.4 is 10.6 Å². The van der Waals surface area contributed by atoms with Crippen LogP contribution in [0.3, 0.4) is 0 Å². The predicted octanol–water partition coefficient (Wildman–Crippen LogP) is 3.93. The molecule has 46 heavy (non-hydrogen) atoms. The topological polar surface area (TPSA) is 157 Å². The second kappa shape index (κ2) is 13.9. The van der Waals surface area contributed by atoms with Crippen LogP contribution in [-0.2, 0) is 23.9 Å². The molecule has 0 spiro atoms. The lowest BCUT2D eigenvalue weighted by molar-refractivity contribution is -0.232. The number of aromatic nitrogens is 2. The molecule has 3 saturated carbocycles. The van der Waals surface area contributed by atoms with Gasteiger partial charge in [0, 0.05) is 43.5 Å². The first-order valence-electron chi connectivity index (χ1n) is 15.7. The molecule has 3 amide bonds. The molecular formula is C33H45N5O7S. The van der Waals surface area contributed by atoms with Gasteiger partial charge in [-0.1, -0.05) is 47.1 Å². The zero-order valence-electron chi connectivity index (χ0n) is 27.8. The summed E-state index contributed by atoms with van der Waals surface area (Å²) < 4.78 is 10.7. The molecule has 2 N–H and O–H groups in total. The first-order chi connectivity index (χ1) is 21.7. The van der Waals surface area contributed by atoms with E-state index in [9.17, 15) is 24.0 Å². The first kappa shape index (κ1) is 35.0. The maximum Gasteiger partial charge on any atom is 0.312 e. The quantitative estimate of drug-likeness (QED) is 0.288. The van der Waals surface area contributed by atoms with Gasteiger partial charge in [0.1, 0.15) is 22.4 Å². The molecule has 12 nitrogen and oxygen atoms in total. The van der Waals surface area contributed by atoms with Crippen molar-refractivity contribution in [2.75, 3.05) is 14.2 Å². The standard InChI is InChI=1S/C33H45N5O7S/c1-9-19(4)26(36-27(40)22-12-10-11-13-34-22)30(42)38(7)24(18(2)3)14-25(45-21(6)39)29-35-23(15-46-29)28(41)37-33-16-32(17-33,20(33)5)31(43)44-8/h10-13,15,18-20,24-26H,9,14,16-17H2,1-8H3,(H,36,40)(H,37,41)/t19-,20-,24+,25+,26-,32?,33?/m0/s1. The van der Waals surface area contributed by atoms with Gasteiger partial charge in [-0.15, -0.1) is 11.3 Å². The summed E-state index contributed by atoms with van der Waals surface area (Å²) in [5, 5.41) is 8.01. The van der Waals surface area contributed by atoms with E-state index in [0.717, 1.165) is 0 Å². The maximum atomic E-state index is 14.0. The SMILES string of the molecule is CC[C@H](C)[C@H](NC(=O)c1ccccn1)C(=O)N(C)[C@H](C[C@@H](OC(C)=O)c1nc(C(=O)NC23CC(C(=O)OC)(C2)[C@@H]3C)cs1)C(C)C. The molecule has 0 aliphatic heterocycles. The smallest absolute Gasteiger partial charge is 0.312 e. The number of ether oxygens (including phenoxy) is 2. The number of likely N-dealkylation sites (N-methyl/N-ethyl adjacent to an activating group) is 1. The summed E-state index contributed by atoms with van der Waals surface area (Å²) >= 11 is 1.20. The van der Waals surface area contributed by atoms with Gasteiger partial charge < -0.3 is 25.0 Å². The Morgan fingerprint density at radius 2 is 1.80 bits per heavy atom. The minimum Gasteiger partial charge on any atom is -0.469 e. The number of carbonyl (C=O) groups excluding carboxylic acids is 5. The number of thiazole rings is 1. The fourth-order valence-corrected chi connectivity index (χ4v) is 7.62. The largest absolute Gasteiger partial charge is 0.469 e. The number of rotatable bonds is 14. The molecule has 0 saturated heterocycles. The summed E-state index contributed by atoms with van der Waals surface area (Å²) in [6, 6.07) is 3.82. The lowest BCUT2D eigenvalue weighted by Gasteiger charge is -2.73. The number of hydrogen-bond acceptors (Lipinski definition) is 10. The summed E-state index contributed by atoms with van der Waals surface area (Å²) in [6.45, 7) is 11.0. The summed E-state index contributed by atoms with van der Waals surface area (Å²) in [7, 11) is 3.06. The van der Waals surface area contributed by atoms with Crippen LogP contribution in [0.25, 0.3) is 0 Å². The molecule has 5 rings (SSSR count). The van der Waals surface area contributed by atoms with Crippen LogP contribution >= 0.6 is 11.3 Å². The Kier molecular flexibility index (Phi) is 10.5. The van der Waals surface area contributed by atoms with Crippen molar-refractivity contribution in [1.29, 1.82) is 0 Å². The van der Waals surface area contributed by atoms with E-state index in [2.05, 4.69) is 20.6 Å². The summed E-state index contributed by atoms with van der Waals surface area (Å²) in [5.41, 5.74) is -0.577. The van der Waals surface area contributed by atoms with Crippen LogP contribution in [0.4, 0.5) is 0 Å². The van der Waals surface area contributed by atoms with E-state index in [1.54, 1.807) is 35.5 Å². The summed E-state index contributed by atoms with van der Waals surface area (Å²) in [4.78, 5) is 74.9. The highest BCUT2D eigenvalue weighted by Gasteiger charge is 2.78. The highest BCUT2D eigenvalue weighted by Crippen LogP contribution is 2.71. The highest BCUT2D eigenvalue weighted by atomic mass is 32.1. The molecule has 3 aliphatic rings. The first-order valence-corrected chi connectivity index (χ1v) is 16.6. The molecule has 2 heterocycles. The van der Waals surface area contributed by atoms with Gasteiger partial charge in [-0.05, 0) is 42.7 Å². The van der Waals surface area contributed by atoms with Crippen molar-refractivity contribution < 1.29 is 33.4 Å². The molecule has 0 radical (unpaired) electrons. The van der Waals surface area contributed by atoms with Crippen LogP contribution in [0.1, 0.15) is 99.3 Å². The molecule has 3 fully saturated rings. The number of esters is 2. The van der Waals surface area contributed by atoms with Crippen molar-refractivity contribution in [3.63, 3.8) is 0 Å². The van der Waals surface area contributed by atoms with Gasteiger partial charge in [-0.2, -0.15) is 0 Å². The van der Waals surface area contributed by atoms with E-state index in [1.165, 1.54) is 31.6 Å². The van der Waals surface area contributed by atoms with Crippen molar-refractivity contribution >= 4 is 41.0 Å². The third kappa shape index (κ3) is 6.65. The number of pyridine rings is 1. The molecular weight excluding hydrogens is 610 g/mol. The molecule has 2 bridgehead atoms. The van der Waals surface area contributed by atoms with Crippen LogP contribution in [-0.4, -0.2) is 76.3 Å². The minimum absolute atomic E-state index is 0.0452. The normalized spacial score (nSPS) is 23.9. The van der Waals surface area contributed by atoms with Gasteiger partial charge in [0.15, 0.2) is 6.10 Å². The maximum absolute atomic E-state index is 14.0. The Balaban J connectivity index is 1.49. The summed E-state index contributed by atoms with van der Waals surface area (Å²) in [5.74, 6) is -2.08. The Hall–Kier alpha value is -3.87. The molecule has 2 aromatic rings. The molecule has 0 unspecified atom stereocenters. The second-order valence-corrected chi connectivity index (χ2v) is 13.9. The molecule has 3 aliphatic carbocycles. The lowest BCUT2D eigenvalue weighted by atomic mass is 9.33. The van der Waals surface area contributed by atoms with Crippen LogP contribution in [0.15, 0.2) is 29.8 Å². The third-order valence-electron chi connectivity index (χ3n) is 9.95.